The molecule has 0 aliphatic heterocycles. The Morgan fingerprint density at radius 1 is 1.26 bits per heavy atom. The maximum absolute atomic E-state index is 12.1. The van der Waals surface area contributed by atoms with E-state index in [0.717, 1.165) is 18.5 Å². The quantitative estimate of drug-likeness (QED) is 0.730. The predicted molar refractivity (Wildman–Crippen MR) is 89.4 cm³/mol. The van der Waals surface area contributed by atoms with E-state index in [-0.39, 0.29) is 5.91 Å². The van der Waals surface area contributed by atoms with Gasteiger partial charge in [-0.05, 0) is 18.9 Å². The topological polar surface area (TPSA) is 76.1 Å². The molecule has 0 aliphatic rings. The van der Waals surface area contributed by atoms with Crippen molar-refractivity contribution in [2.45, 2.75) is 19.9 Å². The number of benzene rings is 1. The molecule has 122 valence electrons. The molecule has 1 aromatic carbocycles. The summed E-state index contributed by atoms with van der Waals surface area (Å²) in [5.74, 6) is 0.418. The van der Waals surface area contributed by atoms with Crippen LogP contribution in [0.5, 0.6) is 0 Å². The Balaban J connectivity index is 1.82. The van der Waals surface area contributed by atoms with Gasteiger partial charge in [0.2, 0.25) is 0 Å². The molecule has 0 atom stereocenters. The van der Waals surface area contributed by atoms with Gasteiger partial charge in [-0.25, -0.2) is 9.97 Å². The second-order valence-electron chi connectivity index (χ2n) is 5.23. The first-order chi connectivity index (χ1) is 11.2. The van der Waals surface area contributed by atoms with Gasteiger partial charge in [0.05, 0.1) is 12.4 Å². The van der Waals surface area contributed by atoms with Crippen LogP contribution in [-0.4, -0.2) is 36.1 Å². The fourth-order valence-electron chi connectivity index (χ4n) is 2.06. The van der Waals surface area contributed by atoms with Crippen molar-refractivity contribution in [2.75, 3.05) is 25.6 Å². The Labute approximate surface area is 136 Å². The van der Waals surface area contributed by atoms with Gasteiger partial charge >= 0.3 is 0 Å². The summed E-state index contributed by atoms with van der Waals surface area (Å²) in [7, 11) is 1.67. The van der Waals surface area contributed by atoms with Crippen molar-refractivity contribution in [3.63, 3.8) is 0 Å². The highest BCUT2D eigenvalue weighted by atomic mass is 16.5. The lowest BCUT2D eigenvalue weighted by atomic mass is 10.1. The van der Waals surface area contributed by atoms with Gasteiger partial charge in [0.1, 0.15) is 11.5 Å². The normalized spacial score (nSPS) is 10.3. The molecule has 0 fully saturated rings. The fourth-order valence-corrected chi connectivity index (χ4v) is 2.06. The van der Waals surface area contributed by atoms with Crippen molar-refractivity contribution >= 4 is 11.7 Å². The molecular formula is C17H22N4O2. The number of ether oxygens (including phenoxy) is 1. The third-order valence-corrected chi connectivity index (χ3v) is 3.25. The van der Waals surface area contributed by atoms with Crippen LogP contribution in [-0.2, 0) is 11.3 Å². The van der Waals surface area contributed by atoms with E-state index in [4.69, 9.17) is 4.74 Å². The molecule has 2 N–H and O–H groups in total. The molecule has 2 rings (SSSR count). The predicted octanol–water partition coefficient (Wildman–Crippen LogP) is 2.16. The van der Waals surface area contributed by atoms with Crippen molar-refractivity contribution in [2.24, 2.45) is 0 Å². The summed E-state index contributed by atoms with van der Waals surface area (Å²) >= 11 is 0. The summed E-state index contributed by atoms with van der Waals surface area (Å²) in [6.45, 7) is 3.94. The van der Waals surface area contributed by atoms with Crippen LogP contribution in [0.1, 0.15) is 28.0 Å². The highest BCUT2D eigenvalue weighted by Gasteiger charge is 2.07. The van der Waals surface area contributed by atoms with Crippen molar-refractivity contribution in [1.29, 1.82) is 0 Å². The average Bonchev–Trinajstić information content (AvgIpc) is 2.57. The lowest BCUT2D eigenvalue weighted by Crippen LogP contribution is -2.24. The van der Waals surface area contributed by atoms with Gasteiger partial charge in [-0.15, -0.1) is 0 Å². The van der Waals surface area contributed by atoms with Crippen LogP contribution in [0.4, 0.5) is 5.82 Å². The van der Waals surface area contributed by atoms with E-state index in [1.54, 1.807) is 13.3 Å². The zero-order valence-electron chi connectivity index (χ0n) is 13.5. The zero-order chi connectivity index (χ0) is 16.5. The van der Waals surface area contributed by atoms with Gasteiger partial charge in [0.15, 0.2) is 0 Å². The first-order valence-corrected chi connectivity index (χ1v) is 7.57. The van der Waals surface area contributed by atoms with Gasteiger partial charge < -0.3 is 15.4 Å². The maximum atomic E-state index is 12.1. The second-order valence-corrected chi connectivity index (χ2v) is 5.23. The number of amides is 1. The minimum Gasteiger partial charge on any atom is -0.385 e. The monoisotopic (exact) mass is 314 g/mol. The molecule has 0 unspecified atom stereocenters. The summed E-state index contributed by atoms with van der Waals surface area (Å²) < 4.78 is 4.97. The summed E-state index contributed by atoms with van der Waals surface area (Å²) in [5, 5.41) is 5.97. The van der Waals surface area contributed by atoms with Crippen LogP contribution < -0.4 is 10.6 Å². The number of methoxy groups -OCH3 is 1. The van der Waals surface area contributed by atoms with Crippen molar-refractivity contribution < 1.29 is 9.53 Å². The molecule has 1 aromatic heterocycles. The molecule has 0 bridgehead atoms. The molecule has 6 nitrogen and oxygen atoms in total. The largest absolute Gasteiger partial charge is 0.385 e. The number of aromatic nitrogens is 2. The van der Waals surface area contributed by atoms with Crippen molar-refractivity contribution in [3.8, 4) is 0 Å². The summed E-state index contributed by atoms with van der Waals surface area (Å²) in [5.41, 5.74) is 2.53. The Bertz CT molecular complexity index is 629. The average molecular weight is 314 g/mol. The van der Waals surface area contributed by atoms with Crippen LogP contribution >= 0.6 is 0 Å². The fraction of sp³-hybridized carbons (Fsp3) is 0.353. The van der Waals surface area contributed by atoms with Crippen LogP contribution in [0.15, 0.2) is 36.7 Å². The molecule has 1 heterocycles. The van der Waals surface area contributed by atoms with Gasteiger partial charge in [-0.2, -0.15) is 0 Å². The Hall–Kier alpha value is -2.47. The molecule has 2 aromatic rings. The molecule has 0 aliphatic carbocycles. The molecule has 23 heavy (non-hydrogen) atoms. The number of rotatable bonds is 8. The van der Waals surface area contributed by atoms with Gasteiger partial charge in [-0.1, -0.05) is 29.8 Å². The van der Waals surface area contributed by atoms with Crippen LogP contribution in [0.25, 0.3) is 0 Å². The number of carbonyl (C=O) groups excluding carboxylic acids is 1. The number of hydrogen-bond donors (Lipinski definition) is 2. The number of aryl methyl sites for hydroxylation is 1. The van der Waals surface area contributed by atoms with Crippen LogP contribution in [0, 0.1) is 6.92 Å². The Kier molecular flexibility index (Phi) is 6.50. The minimum atomic E-state index is -0.232. The Morgan fingerprint density at radius 3 is 2.83 bits per heavy atom. The highest BCUT2D eigenvalue weighted by Crippen LogP contribution is 2.05. The Morgan fingerprint density at radius 2 is 2.13 bits per heavy atom. The van der Waals surface area contributed by atoms with Gasteiger partial charge in [0.25, 0.3) is 5.91 Å². The maximum Gasteiger partial charge on any atom is 0.271 e. The minimum absolute atomic E-state index is 0.232. The third-order valence-electron chi connectivity index (χ3n) is 3.25. The standard InChI is InChI=1S/C17H22N4O2/c1-13-5-3-6-14(9-13)10-21-17(22)15-11-20-16(12-19-15)18-7-4-8-23-2/h3,5-6,9,11-12H,4,7-8,10H2,1-2H3,(H,18,20)(H,21,22). The molecule has 6 heteroatoms. The molecule has 1 amide bonds. The number of hydrogen-bond acceptors (Lipinski definition) is 5. The van der Waals surface area contributed by atoms with Crippen LogP contribution in [0.3, 0.4) is 0 Å². The van der Waals surface area contributed by atoms with E-state index in [1.165, 1.54) is 11.8 Å². The van der Waals surface area contributed by atoms with Crippen LogP contribution in [0.2, 0.25) is 0 Å². The molecular weight excluding hydrogens is 292 g/mol. The van der Waals surface area contributed by atoms with Gasteiger partial charge in [0, 0.05) is 26.8 Å². The first-order valence-electron chi connectivity index (χ1n) is 7.57. The number of carbonyl (C=O) groups is 1. The first kappa shape index (κ1) is 16.9. The lowest BCUT2D eigenvalue weighted by Gasteiger charge is -2.07. The number of nitrogens with zero attached hydrogens (tertiary/aromatic N) is 2. The molecule has 0 radical (unpaired) electrons. The SMILES string of the molecule is COCCCNc1cnc(C(=O)NCc2cccc(C)c2)cn1. The number of anilines is 1. The third kappa shape index (κ3) is 5.67. The van der Waals surface area contributed by atoms with E-state index in [1.807, 2.05) is 31.2 Å². The summed E-state index contributed by atoms with van der Waals surface area (Å²) in [6, 6.07) is 8.01. The van der Waals surface area contributed by atoms with Gasteiger partial charge in [-0.3, -0.25) is 4.79 Å². The summed E-state index contributed by atoms with van der Waals surface area (Å²) in [6.07, 6.45) is 3.93. The lowest BCUT2D eigenvalue weighted by molar-refractivity contribution is 0.0945. The van der Waals surface area contributed by atoms with E-state index in [2.05, 4.69) is 20.6 Å². The highest BCUT2D eigenvalue weighted by molar-refractivity contribution is 5.91. The van der Waals surface area contributed by atoms with E-state index in [9.17, 15) is 4.79 Å². The number of nitrogens with one attached hydrogen (secondary N) is 2. The van der Waals surface area contributed by atoms with Crippen molar-refractivity contribution in [1.82, 2.24) is 15.3 Å². The van der Waals surface area contributed by atoms with E-state index >= 15 is 0 Å². The smallest absolute Gasteiger partial charge is 0.271 e. The van der Waals surface area contributed by atoms with E-state index < -0.39 is 0 Å². The zero-order valence-corrected chi connectivity index (χ0v) is 13.5. The van der Waals surface area contributed by atoms with E-state index in [0.29, 0.717) is 24.7 Å². The van der Waals surface area contributed by atoms with Crippen molar-refractivity contribution in [3.05, 3.63) is 53.5 Å². The molecule has 0 saturated heterocycles. The molecule has 0 saturated carbocycles. The molecule has 0 spiro atoms. The summed E-state index contributed by atoms with van der Waals surface area (Å²) in [4.78, 5) is 20.4. The second kappa shape index (κ2) is 8.85.